The molecule has 36 heavy (non-hydrogen) atoms. The zero-order chi connectivity index (χ0) is 25.4. The van der Waals surface area contributed by atoms with Crippen molar-refractivity contribution in [3.63, 3.8) is 0 Å². The molecule has 0 aromatic heterocycles. The van der Waals surface area contributed by atoms with E-state index in [4.69, 9.17) is 15.0 Å². The van der Waals surface area contributed by atoms with Gasteiger partial charge in [0.1, 0.15) is 6.04 Å². The average molecular weight is 520 g/mol. The second kappa shape index (κ2) is 11.4. The molecule has 4 fully saturated rings. The average Bonchev–Trinajstić information content (AvgIpc) is 3.18. The number of carbonyl (C=O) groups excluding carboxylic acids is 2. The first-order chi connectivity index (χ1) is 16.5. The maximum absolute atomic E-state index is 13.0. The number of nitrogens with two attached hydrogens (primary N) is 1. The number of aryl methyl sites for hydroxylation is 1. The van der Waals surface area contributed by atoms with Gasteiger partial charge in [-0.3, -0.25) is 9.59 Å². The van der Waals surface area contributed by atoms with E-state index in [1.54, 1.807) is 0 Å². The minimum atomic E-state index is -0.837. The summed E-state index contributed by atoms with van der Waals surface area (Å²) < 4.78 is 13.0. The topological polar surface area (TPSA) is 103 Å². The third kappa shape index (κ3) is 5.93. The van der Waals surface area contributed by atoms with Crippen molar-refractivity contribution in [1.29, 1.82) is 0 Å². The second-order valence-corrected chi connectivity index (χ2v) is 12.0. The van der Waals surface area contributed by atoms with Crippen LogP contribution in [0.3, 0.4) is 0 Å². The summed E-state index contributed by atoms with van der Waals surface area (Å²) in [6.07, 6.45) is 4.00. The van der Waals surface area contributed by atoms with E-state index in [0.717, 1.165) is 18.4 Å². The molecule has 1 saturated heterocycles. The molecule has 2 bridgehead atoms. The van der Waals surface area contributed by atoms with Gasteiger partial charge >= 0.3 is 7.12 Å². The highest BCUT2D eigenvalue weighted by molar-refractivity contribution is 6.47. The van der Waals surface area contributed by atoms with E-state index >= 15 is 0 Å². The van der Waals surface area contributed by atoms with Gasteiger partial charge in [0.15, 0.2) is 0 Å². The quantitative estimate of drug-likeness (QED) is 0.412. The standard InChI is InChI=1S/C27H42BN3O4.ClH/c1-17(2)13-23(28-34-22-15-19-14-21(26(19,3)4)27(22,5)35-28)31-25(33)20(29)16-30-24(32)12-11-18-9-7-6-8-10-18;/h6-10,17,19-23H,11-16,29H2,1-5H3,(H,30,32)(H,31,33);1H/t19-,20-,21-,22+,23-,27-;/m0./s1. The van der Waals surface area contributed by atoms with Gasteiger partial charge in [-0.2, -0.15) is 0 Å². The van der Waals surface area contributed by atoms with Crippen molar-refractivity contribution in [2.45, 2.75) is 90.4 Å². The summed E-state index contributed by atoms with van der Waals surface area (Å²) in [5, 5.41) is 5.88. The Hall–Kier alpha value is -1.61. The smallest absolute Gasteiger partial charge is 0.404 e. The van der Waals surface area contributed by atoms with Gasteiger partial charge in [0.2, 0.25) is 11.8 Å². The molecule has 1 heterocycles. The highest BCUT2D eigenvalue weighted by atomic mass is 35.5. The molecule has 3 aliphatic carbocycles. The van der Waals surface area contributed by atoms with Crippen LogP contribution in [0.5, 0.6) is 0 Å². The summed E-state index contributed by atoms with van der Waals surface area (Å²) in [5.41, 5.74) is 7.20. The van der Waals surface area contributed by atoms with E-state index in [2.05, 4.69) is 45.3 Å². The van der Waals surface area contributed by atoms with Crippen LogP contribution in [0.1, 0.15) is 65.9 Å². The van der Waals surface area contributed by atoms with Crippen molar-refractivity contribution in [2.75, 3.05) is 6.54 Å². The number of amides is 2. The number of nitrogens with one attached hydrogen (secondary N) is 2. The van der Waals surface area contributed by atoms with Gasteiger partial charge in [-0.25, -0.2) is 0 Å². The molecular formula is C27H43BClN3O4. The van der Waals surface area contributed by atoms with Crippen molar-refractivity contribution in [3.8, 4) is 0 Å². The first-order valence-corrected chi connectivity index (χ1v) is 13.2. The molecule has 0 radical (unpaired) electrons. The van der Waals surface area contributed by atoms with E-state index in [9.17, 15) is 9.59 Å². The third-order valence-electron chi connectivity index (χ3n) is 8.69. The monoisotopic (exact) mass is 519 g/mol. The van der Waals surface area contributed by atoms with Crippen molar-refractivity contribution < 1.29 is 18.9 Å². The zero-order valence-corrected chi connectivity index (χ0v) is 23.1. The first kappa shape index (κ1) is 29.0. The maximum atomic E-state index is 13.0. The Kier molecular flexibility index (Phi) is 9.19. The lowest BCUT2D eigenvalue weighted by Crippen LogP contribution is -2.65. The van der Waals surface area contributed by atoms with Crippen LogP contribution in [0.4, 0.5) is 0 Å². The van der Waals surface area contributed by atoms with Gasteiger partial charge in [-0.1, -0.05) is 58.0 Å². The number of hydrogen-bond acceptors (Lipinski definition) is 5. The molecule has 9 heteroatoms. The Morgan fingerprint density at radius 1 is 1.17 bits per heavy atom. The summed E-state index contributed by atoms with van der Waals surface area (Å²) in [7, 11) is -0.487. The lowest BCUT2D eigenvalue weighted by atomic mass is 9.43. The highest BCUT2D eigenvalue weighted by Crippen LogP contribution is 2.65. The predicted octanol–water partition coefficient (Wildman–Crippen LogP) is 3.28. The second-order valence-electron chi connectivity index (χ2n) is 12.0. The number of halogens is 1. The molecule has 0 spiro atoms. The summed E-state index contributed by atoms with van der Waals surface area (Å²) in [4.78, 5) is 25.2. The third-order valence-corrected chi connectivity index (χ3v) is 8.69. The number of hydrogen-bond donors (Lipinski definition) is 3. The molecule has 1 aliphatic heterocycles. The Morgan fingerprint density at radius 2 is 1.86 bits per heavy atom. The number of benzene rings is 1. The molecule has 4 aliphatic rings. The molecule has 1 aromatic rings. The molecule has 1 aromatic carbocycles. The van der Waals surface area contributed by atoms with Crippen molar-refractivity contribution >= 4 is 31.3 Å². The molecule has 0 unspecified atom stereocenters. The largest absolute Gasteiger partial charge is 0.481 e. The highest BCUT2D eigenvalue weighted by Gasteiger charge is 2.68. The van der Waals surface area contributed by atoms with Gasteiger partial charge in [-0.15, -0.1) is 12.4 Å². The first-order valence-electron chi connectivity index (χ1n) is 13.2. The van der Waals surface area contributed by atoms with Crippen LogP contribution in [0.2, 0.25) is 0 Å². The molecule has 5 rings (SSSR count). The SMILES string of the molecule is CC(C)C[C@H](NC(=O)[C@@H](N)CNC(=O)CCc1ccccc1)B1O[C@@H]2C[C@@H]3C[C@@H](C3(C)C)[C@]2(C)O1.Cl. The fourth-order valence-corrected chi connectivity index (χ4v) is 6.41. The summed E-state index contributed by atoms with van der Waals surface area (Å²) in [5.74, 6) is 0.789. The molecule has 3 saturated carbocycles. The molecular weight excluding hydrogens is 477 g/mol. The molecule has 2 amide bonds. The van der Waals surface area contributed by atoms with Crippen molar-refractivity contribution in [3.05, 3.63) is 35.9 Å². The Morgan fingerprint density at radius 3 is 2.50 bits per heavy atom. The normalized spacial score (nSPS) is 29.4. The Bertz CT molecular complexity index is 918. The molecule has 200 valence electrons. The van der Waals surface area contributed by atoms with Crippen molar-refractivity contribution in [1.82, 2.24) is 10.6 Å². The van der Waals surface area contributed by atoms with Crippen LogP contribution in [0.25, 0.3) is 0 Å². The van der Waals surface area contributed by atoms with E-state index in [1.807, 2.05) is 30.3 Å². The van der Waals surface area contributed by atoms with Crippen LogP contribution >= 0.6 is 12.4 Å². The van der Waals surface area contributed by atoms with Crippen molar-refractivity contribution in [2.24, 2.45) is 28.9 Å². The molecule has 6 atom stereocenters. The van der Waals surface area contributed by atoms with E-state index in [-0.39, 0.29) is 53.8 Å². The Labute approximate surface area is 222 Å². The number of carbonyl (C=O) groups is 2. The van der Waals surface area contributed by atoms with E-state index in [0.29, 0.717) is 30.6 Å². The van der Waals surface area contributed by atoms with Gasteiger partial charge in [0.25, 0.3) is 0 Å². The van der Waals surface area contributed by atoms with Gasteiger partial charge in [-0.05, 0) is 61.3 Å². The minimum Gasteiger partial charge on any atom is -0.404 e. The predicted molar refractivity (Wildman–Crippen MR) is 144 cm³/mol. The Balaban J connectivity index is 0.00000361. The fourth-order valence-electron chi connectivity index (χ4n) is 6.41. The van der Waals surface area contributed by atoms with Crippen LogP contribution in [-0.2, 0) is 25.3 Å². The van der Waals surface area contributed by atoms with Crippen LogP contribution in [-0.4, -0.2) is 49.2 Å². The maximum Gasteiger partial charge on any atom is 0.481 e. The van der Waals surface area contributed by atoms with Gasteiger partial charge < -0.3 is 25.7 Å². The van der Waals surface area contributed by atoms with E-state index in [1.165, 1.54) is 6.42 Å². The summed E-state index contributed by atoms with van der Waals surface area (Å²) in [6, 6.07) is 9.02. The molecule has 4 N–H and O–H groups in total. The van der Waals surface area contributed by atoms with E-state index < -0.39 is 13.2 Å². The van der Waals surface area contributed by atoms with Crippen LogP contribution in [0.15, 0.2) is 30.3 Å². The van der Waals surface area contributed by atoms with Crippen LogP contribution < -0.4 is 16.4 Å². The number of rotatable bonds is 10. The molecule has 7 nitrogen and oxygen atoms in total. The lowest BCUT2D eigenvalue weighted by Gasteiger charge is -2.64. The minimum absolute atomic E-state index is 0. The van der Waals surface area contributed by atoms with Gasteiger partial charge in [0, 0.05) is 13.0 Å². The lowest BCUT2D eigenvalue weighted by molar-refractivity contribution is -0.199. The van der Waals surface area contributed by atoms with Gasteiger partial charge in [0.05, 0.1) is 17.6 Å². The fraction of sp³-hybridized carbons (Fsp3) is 0.704. The summed E-state index contributed by atoms with van der Waals surface area (Å²) >= 11 is 0. The zero-order valence-electron chi connectivity index (χ0n) is 22.3. The van der Waals surface area contributed by atoms with Crippen LogP contribution in [0, 0.1) is 23.2 Å². The summed E-state index contributed by atoms with van der Waals surface area (Å²) in [6.45, 7) is 11.2.